The quantitative estimate of drug-likeness (QED) is 0.729. The van der Waals surface area contributed by atoms with Crippen molar-refractivity contribution in [1.82, 2.24) is 20.0 Å². The Labute approximate surface area is 104 Å². The molecule has 0 amide bonds. The van der Waals surface area contributed by atoms with Crippen molar-refractivity contribution in [3.63, 3.8) is 0 Å². The number of rotatable bonds is 4. The van der Waals surface area contributed by atoms with Crippen molar-refractivity contribution in [3.8, 4) is 0 Å². The first-order valence-electron chi connectivity index (χ1n) is 5.45. The standard InChI is InChI=1S/C11H14N6O/c1-7-2-3-14-11(13)10(7)9(18)6-17-5-8(4-12)15-16-17/h2-3,5H,4,6,12H2,1H3,(H2,13,14). The highest BCUT2D eigenvalue weighted by Crippen LogP contribution is 2.14. The fourth-order valence-electron chi connectivity index (χ4n) is 1.68. The van der Waals surface area contributed by atoms with Gasteiger partial charge in [0, 0.05) is 12.7 Å². The number of ketones is 1. The Kier molecular flexibility index (Phi) is 3.33. The first-order chi connectivity index (χ1) is 8.61. The minimum Gasteiger partial charge on any atom is -0.383 e. The minimum atomic E-state index is -0.147. The molecule has 0 atom stereocenters. The summed E-state index contributed by atoms with van der Waals surface area (Å²) in [7, 11) is 0. The van der Waals surface area contributed by atoms with E-state index in [2.05, 4.69) is 15.3 Å². The Morgan fingerprint density at radius 1 is 1.50 bits per heavy atom. The second kappa shape index (κ2) is 4.92. The van der Waals surface area contributed by atoms with Gasteiger partial charge >= 0.3 is 0 Å². The number of anilines is 1. The number of hydrogen-bond donors (Lipinski definition) is 2. The number of aryl methyl sites for hydroxylation is 1. The molecule has 2 rings (SSSR count). The van der Waals surface area contributed by atoms with Crippen LogP contribution in [-0.2, 0) is 13.1 Å². The predicted octanol–water partition coefficient (Wildman–Crippen LogP) is -0.0947. The van der Waals surface area contributed by atoms with Crippen LogP contribution in [0.15, 0.2) is 18.5 Å². The third kappa shape index (κ3) is 2.35. The molecule has 0 saturated carbocycles. The number of pyridine rings is 1. The van der Waals surface area contributed by atoms with E-state index in [0.717, 1.165) is 5.56 Å². The van der Waals surface area contributed by atoms with Gasteiger partial charge in [-0.1, -0.05) is 5.21 Å². The molecule has 94 valence electrons. The fraction of sp³-hybridized carbons (Fsp3) is 0.273. The van der Waals surface area contributed by atoms with E-state index >= 15 is 0 Å². The molecule has 0 aromatic carbocycles. The van der Waals surface area contributed by atoms with Crippen LogP contribution in [0.4, 0.5) is 5.82 Å². The third-order valence-electron chi connectivity index (χ3n) is 2.57. The van der Waals surface area contributed by atoms with Crippen molar-refractivity contribution in [3.05, 3.63) is 35.3 Å². The molecule has 18 heavy (non-hydrogen) atoms. The highest BCUT2D eigenvalue weighted by molar-refractivity contribution is 6.01. The van der Waals surface area contributed by atoms with Gasteiger partial charge in [0.2, 0.25) is 0 Å². The van der Waals surface area contributed by atoms with Crippen LogP contribution in [-0.4, -0.2) is 25.8 Å². The van der Waals surface area contributed by atoms with Gasteiger partial charge in [-0.2, -0.15) is 0 Å². The molecule has 7 nitrogen and oxygen atoms in total. The molecule has 0 bridgehead atoms. The molecule has 2 heterocycles. The second-order valence-electron chi connectivity index (χ2n) is 3.92. The molecular weight excluding hydrogens is 232 g/mol. The van der Waals surface area contributed by atoms with Gasteiger partial charge in [0.25, 0.3) is 0 Å². The summed E-state index contributed by atoms with van der Waals surface area (Å²) in [6.45, 7) is 2.18. The molecule has 0 unspecified atom stereocenters. The number of Topliss-reactive ketones (excluding diaryl/α,β-unsaturated/α-hetero) is 1. The van der Waals surface area contributed by atoms with Crippen LogP contribution >= 0.6 is 0 Å². The smallest absolute Gasteiger partial charge is 0.188 e. The van der Waals surface area contributed by atoms with E-state index in [9.17, 15) is 4.79 Å². The highest BCUT2D eigenvalue weighted by Gasteiger charge is 2.14. The predicted molar refractivity (Wildman–Crippen MR) is 65.6 cm³/mol. The molecule has 0 fully saturated rings. The summed E-state index contributed by atoms with van der Waals surface area (Å²) in [6, 6.07) is 1.75. The number of carbonyl (C=O) groups excluding carboxylic acids is 1. The Morgan fingerprint density at radius 2 is 2.28 bits per heavy atom. The van der Waals surface area contributed by atoms with E-state index in [-0.39, 0.29) is 18.1 Å². The maximum absolute atomic E-state index is 12.1. The molecule has 0 aliphatic carbocycles. The van der Waals surface area contributed by atoms with E-state index in [0.29, 0.717) is 17.8 Å². The van der Waals surface area contributed by atoms with Gasteiger partial charge in [0.15, 0.2) is 5.78 Å². The largest absolute Gasteiger partial charge is 0.383 e. The number of nitrogens with zero attached hydrogens (tertiary/aromatic N) is 4. The molecule has 0 saturated heterocycles. The lowest BCUT2D eigenvalue weighted by atomic mass is 10.1. The molecule has 7 heteroatoms. The number of carbonyl (C=O) groups is 1. The maximum atomic E-state index is 12.1. The lowest BCUT2D eigenvalue weighted by Crippen LogP contribution is -2.15. The Morgan fingerprint density at radius 3 is 2.89 bits per heavy atom. The van der Waals surface area contributed by atoms with Crippen LogP contribution in [0.1, 0.15) is 21.6 Å². The van der Waals surface area contributed by atoms with E-state index < -0.39 is 0 Å². The summed E-state index contributed by atoms with van der Waals surface area (Å²) >= 11 is 0. The summed E-state index contributed by atoms with van der Waals surface area (Å²) in [5.74, 6) is 0.0886. The van der Waals surface area contributed by atoms with Gasteiger partial charge in [0.1, 0.15) is 12.4 Å². The number of nitrogen functional groups attached to an aromatic ring is 1. The average Bonchev–Trinajstić information content (AvgIpc) is 2.76. The molecule has 2 aromatic heterocycles. The van der Waals surface area contributed by atoms with Crippen LogP contribution in [0, 0.1) is 6.92 Å². The normalized spacial score (nSPS) is 10.6. The second-order valence-corrected chi connectivity index (χ2v) is 3.92. The van der Waals surface area contributed by atoms with Gasteiger partial charge in [-0.25, -0.2) is 9.67 Å². The monoisotopic (exact) mass is 246 g/mol. The topological polar surface area (TPSA) is 113 Å². The fourth-order valence-corrected chi connectivity index (χ4v) is 1.68. The summed E-state index contributed by atoms with van der Waals surface area (Å²) < 4.78 is 1.44. The van der Waals surface area contributed by atoms with Crippen molar-refractivity contribution < 1.29 is 4.79 Å². The van der Waals surface area contributed by atoms with E-state index in [1.54, 1.807) is 18.5 Å². The third-order valence-corrected chi connectivity index (χ3v) is 2.57. The van der Waals surface area contributed by atoms with Crippen LogP contribution < -0.4 is 11.5 Å². The number of nitrogens with two attached hydrogens (primary N) is 2. The number of hydrogen-bond acceptors (Lipinski definition) is 6. The summed E-state index contributed by atoms with van der Waals surface area (Å²) in [5.41, 5.74) is 13.0. The van der Waals surface area contributed by atoms with Gasteiger partial charge in [0.05, 0.1) is 17.5 Å². The molecule has 0 aliphatic rings. The summed E-state index contributed by atoms with van der Waals surface area (Å²) in [6.07, 6.45) is 3.21. The summed E-state index contributed by atoms with van der Waals surface area (Å²) in [5, 5.41) is 7.63. The van der Waals surface area contributed by atoms with Crippen LogP contribution in [0.25, 0.3) is 0 Å². The number of aromatic nitrogens is 4. The van der Waals surface area contributed by atoms with Gasteiger partial charge in [-0.15, -0.1) is 5.10 Å². The molecule has 2 aromatic rings. The van der Waals surface area contributed by atoms with Crippen LogP contribution in [0.2, 0.25) is 0 Å². The Balaban J connectivity index is 2.22. The lowest BCUT2D eigenvalue weighted by molar-refractivity contribution is 0.0967. The zero-order chi connectivity index (χ0) is 13.1. The maximum Gasteiger partial charge on any atom is 0.188 e. The van der Waals surface area contributed by atoms with E-state index in [1.807, 2.05) is 6.92 Å². The first-order valence-corrected chi connectivity index (χ1v) is 5.45. The molecule has 0 spiro atoms. The highest BCUT2D eigenvalue weighted by atomic mass is 16.1. The Bertz CT molecular complexity index is 556. The van der Waals surface area contributed by atoms with Crippen LogP contribution in [0.5, 0.6) is 0 Å². The molecule has 0 radical (unpaired) electrons. The molecular formula is C11H14N6O. The Hall–Kier alpha value is -2.28. The van der Waals surface area contributed by atoms with E-state index in [4.69, 9.17) is 11.5 Å². The molecule has 4 N–H and O–H groups in total. The molecule has 0 aliphatic heterocycles. The zero-order valence-electron chi connectivity index (χ0n) is 10.00. The summed E-state index contributed by atoms with van der Waals surface area (Å²) in [4.78, 5) is 16.0. The van der Waals surface area contributed by atoms with E-state index in [1.165, 1.54) is 4.68 Å². The van der Waals surface area contributed by atoms with Gasteiger partial charge < -0.3 is 11.5 Å². The average molecular weight is 246 g/mol. The van der Waals surface area contributed by atoms with Crippen molar-refractivity contribution in [1.29, 1.82) is 0 Å². The van der Waals surface area contributed by atoms with Gasteiger partial charge in [-0.05, 0) is 18.6 Å². The van der Waals surface area contributed by atoms with Crippen molar-refractivity contribution >= 4 is 11.6 Å². The zero-order valence-corrected chi connectivity index (χ0v) is 10.00. The first kappa shape index (κ1) is 12.2. The minimum absolute atomic E-state index is 0.0731. The van der Waals surface area contributed by atoms with Crippen LogP contribution in [0.3, 0.4) is 0 Å². The van der Waals surface area contributed by atoms with Crippen molar-refractivity contribution in [2.24, 2.45) is 5.73 Å². The van der Waals surface area contributed by atoms with Crippen molar-refractivity contribution in [2.75, 3.05) is 5.73 Å². The van der Waals surface area contributed by atoms with Crippen molar-refractivity contribution in [2.45, 2.75) is 20.0 Å². The van der Waals surface area contributed by atoms with Gasteiger partial charge in [-0.3, -0.25) is 4.79 Å². The SMILES string of the molecule is Cc1ccnc(N)c1C(=O)Cn1cc(CN)nn1. The lowest BCUT2D eigenvalue weighted by Gasteiger charge is -2.06.